The quantitative estimate of drug-likeness (QED) is 0.364. The van der Waals surface area contributed by atoms with Crippen molar-refractivity contribution in [3.05, 3.63) is 77.3 Å². The highest BCUT2D eigenvalue weighted by Crippen LogP contribution is 2.33. The van der Waals surface area contributed by atoms with Crippen LogP contribution in [0.4, 0.5) is 11.5 Å². The number of nitrogens with one attached hydrogen (secondary N) is 2. The average Bonchev–Trinajstić information content (AvgIpc) is 2.86. The SMILES string of the molecule is Cc1ccc(Oc2ccc(Nc3ncnc4ccc(C#CC5CCNCC5)cc34)cc2Cl)cn1. The Balaban J connectivity index is 1.37. The number of pyridine rings is 1. The maximum atomic E-state index is 6.49. The number of anilines is 2. The van der Waals surface area contributed by atoms with E-state index >= 15 is 0 Å². The highest BCUT2D eigenvalue weighted by atomic mass is 35.5. The molecule has 0 radical (unpaired) electrons. The van der Waals surface area contributed by atoms with Crippen molar-refractivity contribution in [2.75, 3.05) is 18.4 Å². The Hall–Kier alpha value is -3.66. The van der Waals surface area contributed by atoms with Gasteiger partial charge in [0.15, 0.2) is 0 Å². The zero-order valence-corrected chi connectivity index (χ0v) is 19.6. The second kappa shape index (κ2) is 10.1. The smallest absolute Gasteiger partial charge is 0.146 e. The van der Waals surface area contributed by atoms with E-state index in [2.05, 4.69) is 37.4 Å². The van der Waals surface area contributed by atoms with Crippen LogP contribution < -0.4 is 15.4 Å². The zero-order chi connectivity index (χ0) is 23.3. The van der Waals surface area contributed by atoms with E-state index in [0.29, 0.717) is 28.3 Å². The summed E-state index contributed by atoms with van der Waals surface area (Å²) >= 11 is 6.49. The van der Waals surface area contributed by atoms with Crippen LogP contribution in [0.25, 0.3) is 10.9 Å². The number of aromatic nitrogens is 3. The number of hydrogen-bond donors (Lipinski definition) is 2. The lowest BCUT2D eigenvalue weighted by Gasteiger charge is -2.17. The van der Waals surface area contributed by atoms with Gasteiger partial charge in [-0.3, -0.25) is 4.98 Å². The number of piperidine rings is 1. The molecule has 0 bridgehead atoms. The minimum absolute atomic E-state index is 0.445. The fourth-order valence-corrected chi connectivity index (χ4v) is 4.04. The van der Waals surface area contributed by atoms with Crippen LogP contribution in [-0.2, 0) is 0 Å². The van der Waals surface area contributed by atoms with Crippen LogP contribution in [0.5, 0.6) is 11.5 Å². The zero-order valence-electron chi connectivity index (χ0n) is 18.8. The fourth-order valence-electron chi connectivity index (χ4n) is 3.83. The van der Waals surface area contributed by atoms with Crippen LogP contribution in [0.1, 0.15) is 24.1 Å². The molecule has 1 fully saturated rings. The fraction of sp³-hybridized carbons (Fsp3) is 0.222. The van der Waals surface area contributed by atoms with Crippen LogP contribution in [0.3, 0.4) is 0 Å². The van der Waals surface area contributed by atoms with E-state index in [4.69, 9.17) is 16.3 Å². The molecule has 2 aromatic heterocycles. The molecule has 1 aliphatic heterocycles. The lowest BCUT2D eigenvalue weighted by atomic mass is 9.98. The molecule has 0 aliphatic carbocycles. The third-order valence-corrected chi connectivity index (χ3v) is 6.00. The summed E-state index contributed by atoms with van der Waals surface area (Å²) in [6.07, 6.45) is 5.42. The minimum atomic E-state index is 0.445. The molecule has 7 heteroatoms. The number of hydrogen-bond acceptors (Lipinski definition) is 6. The molecule has 5 rings (SSSR count). The first-order valence-corrected chi connectivity index (χ1v) is 11.7. The van der Waals surface area contributed by atoms with E-state index in [0.717, 1.165) is 53.8 Å². The maximum Gasteiger partial charge on any atom is 0.146 e. The molecule has 3 heterocycles. The van der Waals surface area contributed by atoms with Gasteiger partial charge in [-0.2, -0.15) is 0 Å². The summed E-state index contributed by atoms with van der Waals surface area (Å²) in [5.41, 5.74) is 3.53. The van der Waals surface area contributed by atoms with Gasteiger partial charge in [-0.1, -0.05) is 23.4 Å². The maximum absolute atomic E-state index is 6.49. The van der Waals surface area contributed by atoms with Crippen LogP contribution in [0, 0.1) is 24.7 Å². The monoisotopic (exact) mass is 469 g/mol. The molecule has 2 N–H and O–H groups in total. The average molecular weight is 470 g/mol. The molecule has 4 aromatic rings. The normalized spacial score (nSPS) is 13.8. The van der Waals surface area contributed by atoms with Gasteiger partial charge in [-0.25, -0.2) is 9.97 Å². The van der Waals surface area contributed by atoms with Gasteiger partial charge in [0, 0.05) is 28.2 Å². The first kappa shape index (κ1) is 22.1. The van der Waals surface area contributed by atoms with Crippen molar-refractivity contribution in [1.82, 2.24) is 20.3 Å². The Bertz CT molecular complexity index is 1370. The van der Waals surface area contributed by atoms with E-state index in [1.54, 1.807) is 12.5 Å². The first-order valence-electron chi connectivity index (χ1n) is 11.3. The molecule has 2 aromatic carbocycles. The molecule has 0 amide bonds. The van der Waals surface area contributed by atoms with Crippen molar-refractivity contribution in [3.63, 3.8) is 0 Å². The number of rotatable bonds is 4. The number of benzene rings is 2. The summed E-state index contributed by atoms with van der Waals surface area (Å²) in [6, 6.07) is 15.3. The summed E-state index contributed by atoms with van der Waals surface area (Å²) in [7, 11) is 0. The highest BCUT2D eigenvalue weighted by molar-refractivity contribution is 6.32. The summed E-state index contributed by atoms with van der Waals surface area (Å²) in [5, 5.41) is 8.12. The van der Waals surface area contributed by atoms with E-state index in [-0.39, 0.29) is 0 Å². The first-order chi connectivity index (χ1) is 16.6. The van der Waals surface area contributed by atoms with Gasteiger partial charge < -0.3 is 15.4 Å². The van der Waals surface area contributed by atoms with Crippen molar-refractivity contribution < 1.29 is 4.74 Å². The molecular weight excluding hydrogens is 446 g/mol. The molecule has 0 saturated carbocycles. The lowest BCUT2D eigenvalue weighted by Crippen LogP contribution is -2.26. The summed E-state index contributed by atoms with van der Waals surface area (Å²) in [6.45, 7) is 4.00. The molecule has 34 heavy (non-hydrogen) atoms. The Labute approximate surface area is 203 Å². The second-order valence-electron chi connectivity index (χ2n) is 8.26. The van der Waals surface area contributed by atoms with Gasteiger partial charge >= 0.3 is 0 Å². The number of nitrogens with zero attached hydrogens (tertiary/aromatic N) is 3. The Morgan fingerprint density at radius 3 is 2.71 bits per heavy atom. The summed E-state index contributed by atoms with van der Waals surface area (Å²) < 4.78 is 5.87. The molecular formula is C27H24ClN5O. The van der Waals surface area contributed by atoms with E-state index < -0.39 is 0 Å². The Morgan fingerprint density at radius 2 is 1.91 bits per heavy atom. The molecule has 0 spiro atoms. The van der Waals surface area contributed by atoms with Crippen molar-refractivity contribution in [2.24, 2.45) is 5.92 Å². The van der Waals surface area contributed by atoms with Crippen LogP contribution in [-0.4, -0.2) is 28.0 Å². The Morgan fingerprint density at radius 1 is 1.03 bits per heavy atom. The predicted octanol–water partition coefficient (Wildman–Crippen LogP) is 5.87. The van der Waals surface area contributed by atoms with Crippen LogP contribution >= 0.6 is 11.6 Å². The highest BCUT2D eigenvalue weighted by Gasteiger charge is 2.11. The van der Waals surface area contributed by atoms with Gasteiger partial charge in [0.2, 0.25) is 0 Å². The molecule has 6 nitrogen and oxygen atoms in total. The predicted molar refractivity (Wildman–Crippen MR) is 136 cm³/mol. The van der Waals surface area contributed by atoms with Crippen molar-refractivity contribution >= 4 is 34.0 Å². The topological polar surface area (TPSA) is 72.0 Å². The van der Waals surface area contributed by atoms with Gasteiger partial charge in [-0.05, 0) is 81.4 Å². The van der Waals surface area contributed by atoms with E-state index in [9.17, 15) is 0 Å². The van der Waals surface area contributed by atoms with Gasteiger partial charge in [0.05, 0.1) is 16.7 Å². The van der Waals surface area contributed by atoms with E-state index in [1.165, 1.54) is 0 Å². The molecule has 0 unspecified atom stereocenters. The second-order valence-corrected chi connectivity index (χ2v) is 8.66. The van der Waals surface area contributed by atoms with Gasteiger partial charge in [0.1, 0.15) is 23.6 Å². The van der Waals surface area contributed by atoms with Gasteiger partial charge in [0.25, 0.3) is 0 Å². The number of aryl methyl sites for hydroxylation is 1. The number of halogens is 1. The molecule has 0 atom stereocenters. The van der Waals surface area contributed by atoms with Crippen LogP contribution in [0.15, 0.2) is 61.1 Å². The third kappa shape index (κ3) is 5.28. The largest absolute Gasteiger partial charge is 0.454 e. The summed E-state index contributed by atoms with van der Waals surface area (Å²) in [5.74, 6) is 9.09. The van der Waals surface area contributed by atoms with E-state index in [1.807, 2.05) is 55.5 Å². The molecule has 1 saturated heterocycles. The van der Waals surface area contributed by atoms with Crippen LogP contribution in [0.2, 0.25) is 5.02 Å². The van der Waals surface area contributed by atoms with Crippen molar-refractivity contribution in [1.29, 1.82) is 0 Å². The van der Waals surface area contributed by atoms with Crippen molar-refractivity contribution in [3.8, 4) is 23.3 Å². The number of fused-ring (bicyclic) bond motifs is 1. The lowest BCUT2D eigenvalue weighted by molar-refractivity contribution is 0.447. The standard InChI is InChI=1S/C27H24ClN5O/c1-18-2-7-22(16-30-18)34-26-9-6-21(15-24(26)28)33-27-23-14-20(5-8-25(23)31-17-32-27)4-3-19-10-12-29-13-11-19/h2,5-9,14-17,19,29H,10-13H2,1H3,(H,31,32,33). The summed E-state index contributed by atoms with van der Waals surface area (Å²) in [4.78, 5) is 13.1. The minimum Gasteiger partial charge on any atom is -0.454 e. The third-order valence-electron chi connectivity index (χ3n) is 5.70. The van der Waals surface area contributed by atoms with Gasteiger partial charge in [-0.15, -0.1) is 0 Å². The van der Waals surface area contributed by atoms with Crippen molar-refractivity contribution in [2.45, 2.75) is 19.8 Å². The number of ether oxygens (including phenoxy) is 1. The Kier molecular flexibility index (Phi) is 6.57. The molecule has 170 valence electrons. The molecule has 1 aliphatic rings.